The molecule has 2 radical (unpaired) electrons. The third kappa shape index (κ3) is 3.33. The van der Waals surface area contributed by atoms with Gasteiger partial charge in [0.1, 0.15) is 0 Å². The molecule has 1 rings (SSSR count). The summed E-state index contributed by atoms with van der Waals surface area (Å²) < 4.78 is 0.887. The van der Waals surface area contributed by atoms with E-state index >= 15 is 0 Å². The number of carboxylic acids is 1. The SMILES string of the molecule is O=C(O)c1ccc(Br)cc1.[PbH2]. The first-order chi connectivity index (χ1) is 4.70. The van der Waals surface area contributed by atoms with Crippen molar-refractivity contribution >= 4 is 49.2 Å². The quantitative estimate of drug-likeness (QED) is 0.708. The van der Waals surface area contributed by atoms with Gasteiger partial charge in [0, 0.05) is 4.47 Å². The molecule has 0 fully saturated rings. The second-order valence-corrected chi connectivity index (χ2v) is 2.73. The predicted octanol–water partition coefficient (Wildman–Crippen LogP) is 1.23. The average Bonchev–Trinajstić information content (AvgIpc) is 1.88. The predicted molar refractivity (Wildman–Crippen MR) is 49.6 cm³/mol. The molecule has 0 atom stereocenters. The molecule has 2 nitrogen and oxygen atoms in total. The Morgan fingerprint density at radius 1 is 1.27 bits per heavy atom. The minimum atomic E-state index is -0.896. The van der Waals surface area contributed by atoms with Crippen LogP contribution in [-0.4, -0.2) is 38.4 Å². The molecule has 0 aromatic heterocycles. The van der Waals surface area contributed by atoms with Crippen molar-refractivity contribution in [3.63, 3.8) is 0 Å². The first-order valence-electron chi connectivity index (χ1n) is 2.69. The summed E-state index contributed by atoms with van der Waals surface area (Å²) in [6, 6.07) is 6.49. The third-order valence-corrected chi connectivity index (χ3v) is 1.62. The Bertz CT molecular complexity index is 245. The molecule has 1 aromatic rings. The minimum absolute atomic E-state index is 0. The Morgan fingerprint density at radius 3 is 2.09 bits per heavy atom. The zero-order valence-electron chi connectivity index (χ0n) is 5.75. The van der Waals surface area contributed by atoms with Crippen molar-refractivity contribution in [1.82, 2.24) is 0 Å². The zero-order valence-corrected chi connectivity index (χ0v) is 12.8. The summed E-state index contributed by atoms with van der Waals surface area (Å²) >= 11 is 3.20. The van der Waals surface area contributed by atoms with Crippen LogP contribution in [0.3, 0.4) is 0 Å². The van der Waals surface area contributed by atoms with Crippen LogP contribution in [0.4, 0.5) is 0 Å². The fourth-order valence-corrected chi connectivity index (χ4v) is 0.857. The maximum atomic E-state index is 10.3. The fourth-order valence-electron chi connectivity index (χ4n) is 0.592. The van der Waals surface area contributed by atoms with Crippen LogP contribution >= 0.6 is 15.9 Å². The van der Waals surface area contributed by atoms with E-state index in [1.54, 1.807) is 24.3 Å². The standard InChI is InChI=1S/C7H5BrO2.Pb.2H/c8-6-3-1-5(2-4-6)7(9)10;;;/h1-4H,(H,9,10);;;. The van der Waals surface area contributed by atoms with Gasteiger partial charge in [-0.2, -0.15) is 0 Å². The van der Waals surface area contributed by atoms with E-state index in [0.29, 0.717) is 5.56 Å². The van der Waals surface area contributed by atoms with E-state index in [-0.39, 0.29) is 27.3 Å². The second kappa shape index (κ2) is 4.87. The Kier molecular flexibility index (Phi) is 4.91. The molecule has 0 aliphatic carbocycles. The van der Waals surface area contributed by atoms with Gasteiger partial charge in [-0.1, -0.05) is 15.9 Å². The average molecular weight is 410 g/mol. The number of aromatic carboxylic acids is 1. The molecule has 4 heteroatoms. The fraction of sp³-hybridized carbons (Fsp3) is 0. The van der Waals surface area contributed by atoms with Crippen LogP contribution in [0.5, 0.6) is 0 Å². The first kappa shape index (κ1) is 11.1. The van der Waals surface area contributed by atoms with Gasteiger partial charge in [0.25, 0.3) is 0 Å². The molecule has 58 valence electrons. The van der Waals surface area contributed by atoms with E-state index in [1.165, 1.54) is 0 Å². The molecule has 0 spiro atoms. The Hall–Kier alpha value is 0.0921. The van der Waals surface area contributed by atoms with Crippen LogP contribution in [0.1, 0.15) is 10.4 Å². The normalized spacial score (nSPS) is 8.45. The van der Waals surface area contributed by atoms with E-state index in [9.17, 15) is 4.79 Å². The van der Waals surface area contributed by atoms with Gasteiger partial charge in [-0.05, 0) is 24.3 Å². The summed E-state index contributed by atoms with van der Waals surface area (Å²) in [6.45, 7) is 0. The number of carboxylic acid groups (broad SMARTS) is 1. The van der Waals surface area contributed by atoms with Crippen LogP contribution in [0.2, 0.25) is 0 Å². The van der Waals surface area contributed by atoms with Crippen LogP contribution in [0, 0.1) is 0 Å². The van der Waals surface area contributed by atoms with Crippen LogP contribution in [0.25, 0.3) is 0 Å². The summed E-state index contributed by atoms with van der Waals surface area (Å²) in [4.78, 5) is 10.3. The Balaban J connectivity index is 0.000001000. The van der Waals surface area contributed by atoms with Crippen molar-refractivity contribution in [2.24, 2.45) is 0 Å². The molecule has 1 aromatic carbocycles. The van der Waals surface area contributed by atoms with Gasteiger partial charge < -0.3 is 5.11 Å². The molecule has 0 saturated heterocycles. The molecule has 1 N–H and O–H groups in total. The van der Waals surface area contributed by atoms with Gasteiger partial charge >= 0.3 is 33.3 Å². The molecular weight excluding hydrogens is 403 g/mol. The molecule has 0 bridgehead atoms. The number of halogens is 1. The van der Waals surface area contributed by atoms with Crippen LogP contribution in [-0.2, 0) is 0 Å². The van der Waals surface area contributed by atoms with Gasteiger partial charge in [0.2, 0.25) is 0 Å². The van der Waals surface area contributed by atoms with Crippen LogP contribution < -0.4 is 0 Å². The number of benzene rings is 1. The van der Waals surface area contributed by atoms with Crippen molar-refractivity contribution in [2.75, 3.05) is 0 Å². The number of carbonyl (C=O) groups is 1. The monoisotopic (exact) mass is 410 g/mol. The van der Waals surface area contributed by atoms with Crippen molar-refractivity contribution in [2.45, 2.75) is 0 Å². The van der Waals surface area contributed by atoms with Crippen molar-refractivity contribution in [3.05, 3.63) is 34.3 Å². The van der Waals surface area contributed by atoms with E-state index < -0.39 is 5.97 Å². The molecule has 0 saturated carbocycles. The van der Waals surface area contributed by atoms with Gasteiger partial charge in [-0.25, -0.2) is 4.79 Å². The van der Waals surface area contributed by atoms with Crippen LogP contribution in [0.15, 0.2) is 28.7 Å². The van der Waals surface area contributed by atoms with E-state index in [4.69, 9.17) is 5.11 Å². The summed E-state index contributed by atoms with van der Waals surface area (Å²) in [6.07, 6.45) is 0. The first-order valence-corrected chi connectivity index (χ1v) is 3.48. The number of hydrogen-bond donors (Lipinski definition) is 1. The molecule has 0 heterocycles. The molecule has 0 aliphatic heterocycles. The summed E-state index contributed by atoms with van der Waals surface area (Å²) in [5, 5.41) is 8.46. The number of rotatable bonds is 1. The summed E-state index contributed by atoms with van der Waals surface area (Å²) in [5.41, 5.74) is 0.309. The molecule has 0 amide bonds. The number of hydrogen-bond acceptors (Lipinski definition) is 1. The Labute approximate surface area is 92.9 Å². The van der Waals surface area contributed by atoms with Gasteiger partial charge in [0.05, 0.1) is 5.56 Å². The Morgan fingerprint density at radius 2 is 1.73 bits per heavy atom. The summed E-state index contributed by atoms with van der Waals surface area (Å²) in [5.74, 6) is -0.896. The maximum absolute atomic E-state index is 10.3. The van der Waals surface area contributed by atoms with Crippen molar-refractivity contribution in [1.29, 1.82) is 0 Å². The van der Waals surface area contributed by atoms with Gasteiger partial charge in [-0.15, -0.1) is 0 Å². The third-order valence-electron chi connectivity index (χ3n) is 1.09. The van der Waals surface area contributed by atoms with E-state index in [0.717, 1.165) is 4.47 Å². The summed E-state index contributed by atoms with van der Waals surface area (Å²) in [7, 11) is 0. The van der Waals surface area contributed by atoms with Crippen molar-refractivity contribution in [3.8, 4) is 0 Å². The van der Waals surface area contributed by atoms with Crippen molar-refractivity contribution < 1.29 is 9.90 Å². The molecule has 0 aliphatic rings. The van der Waals surface area contributed by atoms with Gasteiger partial charge in [-0.3, -0.25) is 0 Å². The van der Waals surface area contributed by atoms with E-state index in [1.807, 2.05) is 0 Å². The molecule has 11 heavy (non-hydrogen) atoms. The van der Waals surface area contributed by atoms with E-state index in [2.05, 4.69) is 15.9 Å². The second-order valence-electron chi connectivity index (χ2n) is 1.81. The zero-order chi connectivity index (χ0) is 7.56. The van der Waals surface area contributed by atoms with Gasteiger partial charge in [0.15, 0.2) is 0 Å². The molecular formula is C7H7BrO2Pb. The topological polar surface area (TPSA) is 37.3 Å². The molecule has 0 unspecified atom stereocenters.